The topological polar surface area (TPSA) is 37.4 Å². The maximum absolute atomic E-state index is 11.8. The molecule has 0 unspecified atom stereocenters. The largest absolute Gasteiger partial charge is 0.339 e. The van der Waals surface area contributed by atoms with Crippen molar-refractivity contribution in [3.05, 3.63) is 34.9 Å². The van der Waals surface area contributed by atoms with Gasteiger partial charge in [-0.3, -0.25) is 4.79 Å². The summed E-state index contributed by atoms with van der Waals surface area (Å²) in [7, 11) is 0. The summed E-state index contributed by atoms with van der Waals surface area (Å²) in [5.74, 6) is 0.484. The lowest BCUT2D eigenvalue weighted by molar-refractivity contribution is -0.130. The number of rotatable bonds is 13. The van der Waals surface area contributed by atoms with E-state index in [4.69, 9.17) is 0 Å². The molecule has 0 aromatic heterocycles. The van der Waals surface area contributed by atoms with Crippen LogP contribution in [-0.2, 0) is 9.59 Å². The van der Waals surface area contributed by atoms with Gasteiger partial charge in [0.1, 0.15) is 5.78 Å². The lowest BCUT2D eigenvalue weighted by atomic mass is 10.1. The molecule has 0 atom stereocenters. The number of allylic oxidation sites excluding steroid dienone is 5. The highest BCUT2D eigenvalue weighted by molar-refractivity contribution is 5.76. The van der Waals surface area contributed by atoms with Gasteiger partial charge in [0.2, 0.25) is 5.91 Å². The maximum Gasteiger partial charge on any atom is 0.222 e. The molecule has 0 spiro atoms. The molecule has 0 saturated heterocycles. The van der Waals surface area contributed by atoms with Crippen LogP contribution in [0.1, 0.15) is 86.5 Å². The SMILES string of the molecule is CCC(=O)N(CC)CC(C)=CCCC(C)=CCCC(C)=CCCC(C)=O. The molecule has 0 radical (unpaired) electrons. The van der Waals surface area contributed by atoms with Gasteiger partial charge in [0.25, 0.3) is 0 Å². The smallest absolute Gasteiger partial charge is 0.222 e. The molecule has 0 rings (SSSR count). The highest BCUT2D eigenvalue weighted by Crippen LogP contribution is 2.12. The fraction of sp³-hybridized carbons (Fsp3) is 0.652. The van der Waals surface area contributed by atoms with Gasteiger partial charge in [0.05, 0.1) is 0 Å². The van der Waals surface area contributed by atoms with Gasteiger partial charge < -0.3 is 9.69 Å². The van der Waals surface area contributed by atoms with Crippen molar-refractivity contribution in [3.63, 3.8) is 0 Å². The molecule has 1 amide bonds. The number of hydrogen-bond acceptors (Lipinski definition) is 2. The van der Waals surface area contributed by atoms with E-state index in [-0.39, 0.29) is 11.7 Å². The summed E-state index contributed by atoms with van der Waals surface area (Å²) in [4.78, 5) is 24.7. The Morgan fingerprint density at radius 1 is 0.731 bits per heavy atom. The van der Waals surface area contributed by atoms with Crippen molar-refractivity contribution in [3.8, 4) is 0 Å². The number of ketones is 1. The van der Waals surface area contributed by atoms with Crippen LogP contribution < -0.4 is 0 Å². The van der Waals surface area contributed by atoms with Gasteiger partial charge in [0.15, 0.2) is 0 Å². The van der Waals surface area contributed by atoms with Gasteiger partial charge in [-0.25, -0.2) is 0 Å². The molecule has 3 nitrogen and oxygen atoms in total. The zero-order chi connectivity index (χ0) is 19.9. The fourth-order valence-corrected chi connectivity index (χ4v) is 2.78. The van der Waals surface area contributed by atoms with Gasteiger partial charge in [-0.2, -0.15) is 0 Å². The van der Waals surface area contributed by atoms with Crippen molar-refractivity contribution in [2.45, 2.75) is 86.5 Å². The van der Waals surface area contributed by atoms with Crippen molar-refractivity contribution in [1.29, 1.82) is 0 Å². The minimum Gasteiger partial charge on any atom is -0.339 e. The molecule has 26 heavy (non-hydrogen) atoms. The molecule has 3 heteroatoms. The average molecular weight is 362 g/mol. The Morgan fingerprint density at radius 3 is 1.62 bits per heavy atom. The van der Waals surface area contributed by atoms with E-state index in [9.17, 15) is 9.59 Å². The lowest BCUT2D eigenvalue weighted by Crippen LogP contribution is -2.31. The van der Waals surface area contributed by atoms with Crippen LogP contribution in [0.2, 0.25) is 0 Å². The first-order valence-corrected chi connectivity index (χ1v) is 10.0. The second kappa shape index (κ2) is 14.5. The van der Waals surface area contributed by atoms with E-state index in [2.05, 4.69) is 39.0 Å². The van der Waals surface area contributed by atoms with Crippen molar-refractivity contribution >= 4 is 11.7 Å². The third-order valence-corrected chi connectivity index (χ3v) is 4.53. The first-order chi connectivity index (χ1) is 12.3. The third kappa shape index (κ3) is 12.7. The second-order valence-corrected chi connectivity index (χ2v) is 7.23. The first kappa shape index (κ1) is 24.4. The Hall–Kier alpha value is -1.64. The summed E-state index contributed by atoms with van der Waals surface area (Å²) in [5.41, 5.74) is 4.06. The van der Waals surface area contributed by atoms with Crippen molar-refractivity contribution < 1.29 is 9.59 Å². The Kier molecular flexibility index (Phi) is 13.6. The molecule has 0 aliphatic heterocycles. The number of carbonyl (C=O) groups is 2. The summed E-state index contributed by atoms with van der Waals surface area (Å²) in [5, 5.41) is 0. The highest BCUT2D eigenvalue weighted by atomic mass is 16.2. The Balaban J connectivity index is 4.19. The number of Topliss-reactive ketones (excluding diaryl/α,β-unsaturated/α-hetero) is 1. The van der Waals surface area contributed by atoms with E-state index in [1.54, 1.807) is 6.92 Å². The van der Waals surface area contributed by atoms with Gasteiger partial charge >= 0.3 is 0 Å². The summed E-state index contributed by atoms with van der Waals surface area (Å²) in [6.07, 6.45) is 13.1. The average Bonchev–Trinajstić information content (AvgIpc) is 2.58. The number of hydrogen-bond donors (Lipinski definition) is 0. The zero-order valence-electron chi connectivity index (χ0n) is 17.9. The quantitative estimate of drug-likeness (QED) is 0.376. The van der Waals surface area contributed by atoms with Crippen LogP contribution in [0.25, 0.3) is 0 Å². The van der Waals surface area contributed by atoms with E-state index in [0.29, 0.717) is 12.8 Å². The summed E-state index contributed by atoms with van der Waals surface area (Å²) < 4.78 is 0. The van der Waals surface area contributed by atoms with E-state index in [1.807, 2.05) is 18.7 Å². The Morgan fingerprint density at radius 2 is 1.19 bits per heavy atom. The van der Waals surface area contributed by atoms with Crippen LogP contribution in [0, 0.1) is 0 Å². The molecule has 0 aromatic carbocycles. The van der Waals surface area contributed by atoms with Crippen LogP contribution >= 0.6 is 0 Å². The standard InChI is InChI=1S/C23H39NO2/c1-7-23(26)24(8-2)18-21(5)16-10-14-19(3)12-9-13-20(4)15-11-17-22(6)25/h12,15-16H,7-11,13-14,17-18H2,1-6H3. The molecular formula is C23H39NO2. The fourth-order valence-electron chi connectivity index (χ4n) is 2.78. The third-order valence-electron chi connectivity index (χ3n) is 4.53. The van der Waals surface area contributed by atoms with E-state index in [1.165, 1.54) is 16.7 Å². The normalized spacial score (nSPS) is 13.1. The monoisotopic (exact) mass is 361 g/mol. The van der Waals surface area contributed by atoms with Crippen molar-refractivity contribution in [2.24, 2.45) is 0 Å². The lowest BCUT2D eigenvalue weighted by Gasteiger charge is -2.20. The van der Waals surface area contributed by atoms with Gasteiger partial charge in [-0.1, -0.05) is 41.9 Å². The minimum atomic E-state index is 0.225. The number of nitrogens with zero attached hydrogens (tertiary/aromatic N) is 1. The Bertz CT molecular complexity index is 526. The highest BCUT2D eigenvalue weighted by Gasteiger charge is 2.08. The number of likely N-dealkylation sites (N-methyl/N-ethyl adjacent to an activating group) is 1. The second-order valence-electron chi connectivity index (χ2n) is 7.23. The van der Waals surface area contributed by atoms with Crippen LogP contribution in [0.4, 0.5) is 0 Å². The first-order valence-electron chi connectivity index (χ1n) is 10.0. The predicted molar refractivity (Wildman–Crippen MR) is 112 cm³/mol. The molecule has 0 aromatic rings. The van der Waals surface area contributed by atoms with Crippen LogP contribution in [0.3, 0.4) is 0 Å². The number of carbonyl (C=O) groups excluding carboxylic acids is 2. The molecule has 0 aliphatic rings. The van der Waals surface area contributed by atoms with E-state index in [0.717, 1.165) is 45.2 Å². The number of amides is 1. The van der Waals surface area contributed by atoms with Crippen molar-refractivity contribution in [2.75, 3.05) is 13.1 Å². The van der Waals surface area contributed by atoms with E-state index >= 15 is 0 Å². The predicted octanol–water partition coefficient (Wildman–Crippen LogP) is 6.01. The Labute approximate surface area is 161 Å². The molecule has 0 bridgehead atoms. The zero-order valence-corrected chi connectivity index (χ0v) is 17.9. The molecular weight excluding hydrogens is 322 g/mol. The molecule has 0 fully saturated rings. The van der Waals surface area contributed by atoms with Gasteiger partial charge in [-0.05, 0) is 66.7 Å². The molecule has 0 aliphatic carbocycles. The van der Waals surface area contributed by atoms with E-state index < -0.39 is 0 Å². The van der Waals surface area contributed by atoms with Gasteiger partial charge in [0, 0.05) is 25.9 Å². The van der Waals surface area contributed by atoms with Crippen molar-refractivity contribution in [1.82, 2.24) is 4.90 Å². The maximum atomic E-state index is 11.8. The summed E-state index contributed by atoms with van der Waals surface area (Å²) >= 11 is 0. The van der Waals surface area contributed by atoms with Gasteiger partial charge in [-0.15, -0.1) is 0 Å². The van der Waals surface area contributed by atoms with Crippen LogP contribution in [0.5, 0.6) is 0 Å². The van der Waals surface area contributed by atoms with Crippen LogP contribution in [0.15, 0.2) is 34.9 Å². The minimum absolute atomic E-state index is 0.225. The molecule has 148 valence electrons. The molecule has 0 heterocycles. The molecule has 0 saturated carbocycles. The summed E-state index contributed by atoms with van der Waals surface area (Å²) in [6.45, 7) is 13.6. The van der Waals surface area contributed by atoms with Crippen LogP contribution in [-0.4, -0.2) is 29.7 Å². The summed E-state index contributed by atoms with van der Waals surface area (Å²) in [6, 6.07) is 0. The molecule has 0 N–H and O–H groups in total.